The van der Waals surface area contributed by atoms with Gasteiger partial charge in [-0.3, -0.25) is 0 Å². The summed E-state index contributed by atoms with van der Waals surface area (Å²) in [6.07, 6.45) is 19.1. The Kier molecular flexibility index (Phi) is 7.13. The molecule has 0 bridgehead atoms. The molecule has 0 spiro atoms. The summed E-state index contributed by atoms with van der Waals surface area (Å²) in [6, 6.07) is 1.66. The van der Waals surface area contributed by atoms with Crippen molar-refractivity contribution in [2.24, 2.45) is 11.8 Å². The molecule has 0 aromatic carbocycles. The zero-order valence-electron chi connectivity index (χ0n) is 13.6. The Morgan fingerprint density at radius 3 is 2.25 bits per heavy atom. The second-order valence-electron chi connectivity index (χ2n) is 7.19. The molecule has 1 unspecified atom stereocenters. The number of hydrogen-bond donors (Lipinski definition) is 1. The van der Waals surface area contributed by atoms with Gasteiger partial charge >= 0.3 is 0 Å². The highest BCUT2D eigenvalue weighted by Crippen LogP contribution is 2.35. The third kappa shape index (κ3) is 4.91. The summed E-state index contributed by atoms with van der Waals surface area (Å²) < 4.78 is 0. The zero-order chi connectivity index (χ0) is 14.2. The van der Waals surface area contributed by atoms with Crippen LogP contribution in [0.4, 0.5) is 0 Å². The van der Waals surface area contributed by atoms with Crippen molar-refractivity contribution in [3.05, 3.63) is 12.7 Å². The van der Waals surface area contributed by atoms with Gasteiger partial charge in [0.25, 0.3) is 0 Å². The van der Waals surface area contributed by atoms with E-state index in [0.29, 0.717) is 0 Å². The summed E-state index contributed by atoms with van der Waals surface area (Å²) in [5.74, 6) is 1.88. The first-order valence-electron chi connectivity index (χ1n) is 9.20. The molecule has 0 aromatic heterocycles. The minimum absolute atomic E-state index is 0.820. The Labute approximate surface area is 126 Å². The van der Waals surface area contributed by atoms with Crippen molar-refractivity contribution < 1.29 is 0 Å². The third-order valence-electron chi connectivity index (χ3n) is 5.64. The molecule has 0 aromatic rings. The molecule has 0 radical (unpaired) electrons. The normalized spacial score (nSPS) is 30.1. The van der Waals surface area contributed by atoms with Crippen LogP contribution in [0, 0.1) is 11.8 Å². The Morgan fingerprint density at radius 1 is 1.00 bits per heavy atom. The average molecular weight is 277 g/mol. The Morgan fingerprint density at radius 2 is 1.65 bits per heavy atom. The molecule has 0 saturated heterocycles. The van der Waals surface area contributed by atoms with Crippen LogP contribution >= 0.6 is 0 Å². The Bertz CT molecular complexity index is 259. The van der Waals surface area contributed by atoms with Crippen LogP contribution in [0.3, 0.4) is 0 Å². The fraction of sp³-hybridized carbons (Fsp3) is 0.895. The van der Waals surface area contributed by atoms with E-state index in [9.17, 15) is 0 Å². The summed E-state index contributed by atoms with van der Waals surface area (Å²) in [6.45, 7) is 6.28. The highest BCUT2D eigenvalue weighted by atomic mass is 15.0. The van der Waals surface area contributed by atoms with Crippen molar-refractivity contribution in [2.75, 3.05) is 0 Å². The molecular formula is C19H35N. The fourth-order valence-corrected chi connectivity index (χ4v) is 4.49. The minimum Gasteiger partial charge on any atom is -0.311 e. The largest absolute Gasteiger partial charge is 0.311 e. The first-order valence-corrected chi connectivity index (χ1v) is 9.20. The maximum Gasteiger partial charge on any atom is 0.00698 e. The lowest BCUT2D eigenvalue weighted by Crippen LogP contribution is -2.42. The highest BCUT2D eigenvalue weighted by molar-refractivity contribution is 4.86. The number of nitrogens with one attached hydrogen (secondary N) is 1. The van der Waals surface area contributed by atoms with Gasteiger partial charge < -0.3 is 5.32 Å². The van der Waals surface area contributed by atoms with E-state index in [4.69, 9.17) is 0 Å². The van der Waals surface area contributed by atoms with Gasteiger partial charge in [-0.25, -0.2) is 0 Å². The molecule has 0 aliphatic heterocycles. The van der Waals surface area contributed by atoms with E-state index in [-0.39, 0.29) is 0 Å². The quantitative estimate of drug-likeness (QED) is 0.609. The van der Waals surface area contributed by atoms with Gasteiger partial charge in [0.1, 0.15) is 0 Å². The van der Waals surface area contributed by atoms with E-state index < -0.39 is 0 Å². The number of allylic oxidation sites excluding steroid dienone is 1. The molecule has 0 amide bonds. The molecular weight excluding hydrogens is 242 g/mol. The molecule has 2 fully saturated rings. The van der Waals surface area contributed by atoms with Crippen molar-refractivity contribution in [1.29, 1.82) is 0 Å². The molecule has 1 heteroatoms. The van der Waals surface area contributed by atoms with Crippen LogP contribution in [0.5, 0.6) is 0 Å². The summed E-state index contributed by atoms with van der Waals surface area (Å²) in [5.41, 5.74) is 0. The Hall–Kier alpha value is -0.300. The van der Waals surface area contributed by atoms with E-state index >= 15 is 0 Å². The minimum atomic E-state index is 0.820. The maximum absolute atomic E-state index is 3.96. The van der Waals surface area contributed by atoms with Crippen molar-refractivity contribution in [1.82, 2.24) is 5.32 Å². The number of rotatable bonds is 7. The first-order chi connectivity index (χ1) is 9.83. The molecule has 2 rings (SSSR count). The van der Waals surface area contributed by atoms with Gasteiger partial charge in [-0.05, 0) is 56.8 Å². The van der Waals surface area contributed by atoms with Crippen LogP contribution in [0.2, 0.25) is 0 Å². The van der Waals surface area contributed by atoms with Crippen molar-refractivity contribution in [2.45, 2.75) is 96.1 Å². The molecule has 1 atom stereocenters. The lowest BCUT2D eigenvalue weighted by Gasteiger charge is -2.36. The first kappa shape index (κ1) is 16.1. The van der Waals surface area contributed by atoms with E-state index in [1.165, 1.54) is 77.0 Å². The molecule has 0 heterocycles. The molecule has 1 N–H and O–H groups in total. The van der Waals surface area contributed by atoms with Crippen LogP contribution in [0.1, 0.15) is 84.0 Å². The van der Waals surface area contributed by atoms with Crippen molar-refractivity contribution >= 4 is 0 Å². The summed E-state index contributed by atoms with van der Waals surface area (Å²) in [7, 11) is 0. The van der Waals surface area contributed by atoms with E-state index in [0.717, 1.165) is 23.9 Å². The number of hydrogen-bond acceptors (Lipinski definition) is 1. The second-order valence-corrected chi connectivity index (χ2v) is 7.19. The predicted molar refractivity (Wildman–Crippen MR) is 89.0 cm³/mol. The zero-order valence-corrected chi connectivity index (χ0v) is 13.6. The van der Waals surface area contributed by atoms with Crippen LogP contribution in [0.15, 0.2) is 12.7 Å². The monoisotopic (exact) mass is 277 g/mol. The molecule has 2 saturated carbocycles. The molecule has 2 aliphatic carbocycles. The molecule has 2 aliphatic rings. The van der Waals surface area contributed by atoms with Gasteiger partial charge in [0.2, 0.25) is 0 Å². The van der Waals surface area contributed by atoms with Gasteiger partial charge in [0, 0.05) is 12.1 Å². The van der Waals surface area contributed by atoms with E-state index in [1.807, 2.05) is 0 Å². The van der Waals surface area contributed by atoms with Crippen LogP contribution in [-0.4, -0.2) is 12.1 Å². The van der Waals surface area contributed by atoms with E-state index in [2.05, 4.69) is 24.9 Å². The molecule has 1 nitrogen and oxygen atoms in total. The second kappa shape index (κ2) is 8.87. The fourth-order valence-electron chi connectivity index (χ4n) is 4.49. The van der Waals surface area contributed by atoms with Crippen molar-refractivity contribution in [3.63, 3.8) is 0 Å². The molecule has 116 valence electrons. The van der Waals surface area contributed by atoms with Crippen LogP contribution in [0.25, 0.3) is 0 Å². The third-order valence-corrected chi connectivity index (χ3v) is 5.64. The Balaban J connectivity index is 1.71. The van der Waals surface area contributed by atoms with Gasteiger partial charge in [0.15, 0.2) is 0 Å². The highest BCUT2D eigenvalue weighted by Gasteiger charge is 2.27. The van der Waals surface area contributed by atoms with Crippen LogP contribution in [-0.2, 0) is 0 Å². The van der Waals surface area contributed by atoms with E-state index in [1.54, 1.807) is 0 Å². The van der Waals surface area contributed by atoms with Gasteiger partial charge in [-0.2, -0.15) is 0 Å². The van der Waals surface area contributed by atoms with Crippen LogP contribution < -0.4 is 5.32 Å². The summed E-state index contributed by atoms with van der Waals surface area (Å²) >= 11 is 0. The lowest BCUT2D eigenvalue weighted by atomic mass is 9.75. The predicted octanol–water partition coefficient (Wildman–Crippen LogP) is 5.46. The smallest absolute Gasteiger partial charge is 0.00698 e. The standard InChI is InChI=1S/C19H35N/c1-3-8-16(9-4-2)17-12-14-19(15-13-17)20-18-10-6-5-7-11-18/h3,16-20H,1,4-15H2,2H3. The SMILES string of the molecule is C=CCC(CCC)C1CCC(NC2CCCCC2)CC1. The lowest BCUT2D eigenvalue weighted by molar-refractivity contribution is 0.193. The molecule has 20 heavy (non-hydrogen) atoms. The summed E-state index contributed by atoms with van der Waals surface area (Å²) in [4.78, 5) is 0. The van der Waals surface area contributed by atoms with Gasteiger partial charge in [-0.15, -0.1) is 6.58 Å². The van der Waals surface area contributed by atoms with Gasteiger partial charge in [0.05, 0.1) is 0 Å². The average Bonchev–Trinajstić information content (AvgIpc) is 2.49. The van der Waals surface area contributed by atoms with Gasteiger partial charge in [-0.1, -0.05) is 45.1 Å². The maximum atomic E-state index is 3.96. The topological polar surface area (TPSA) is 12.0 Å². The van der Waals surface area contributed by atoms with Crippen molar-refractivity contribution in [3.8, 4) is 0 Å². The summed E-state index contributed by atoms with van der Waals surface area (Å²) in [5, 5.41) is 3.96.